The molecule has 1 aliphatic rings. The quantitative estimate of drug-likeness (QED) is 0.945. The smallest absolute Gasteiger partial charge is 0.251 e. The van der Waals surface area contributed by atoms with Crippen molar-refractivity contribution in [2.45, 2.75) is 19.4 Å². The molecule has 2 heterocycles. The van der Waals surface area contributed by atoms with E-state index in [2.05, 4.69) is 11.4 Å². The minimum Gasteiger partial charge on any atom is -0.486 e. The Morgan fingerprint density at radius 1 is 1.29 bits per heavy atom. The van der Waals surface area contributed by atoms with Crippen LogP contribution in [0.25, 0.3) is 0 Å². The molecule has 0 fully saturated rings. The van der Waals surface area contributed by atoms with Gasteiger partial charge in [-0.3, -0.25) is 4.79 Å². The number of amides is 1. The van der Waals surface area contributed by atoms with Crippen LogP contribution in [0.4, 0.5) is 0 Å². The fraction of sp³-hybridized carbons (Fsp3) is 0.312. The Morgan fingerprint density at radius 2 is 2.10 bits per heavy atom. The minimum absolute atomic E-state index is 0.0870. The van der Waals surface area contributed by atoms with Crippen LogP contribution in [0.3, 0.4) is 0 Å². The number of nitrogens with one attached hydrogen (secondary N) is 1. The van der Waals surface area contributed by atoms with E-state index in [-0.39, 0.29) is 11.9 Å². The van der Waals surface area contributed by atoms with Crippen molar-refractivity contribution in [1.82, 2.24) is 5.32 Å². The van der Waals surface area contributed by atoms with Crippen LogP contribution in [0.5, 0.6) is 11.5 Å². The fourth-order valence-electron chi connectivity index (χ4n) is 2.27. The monoisotopic (exact) mass is 303 g/mol. The highest BCUT2D eigenvalue weighted by Gasteiger charge is 2.16. The zero-order chi connectivity index (χ0) is 14.7. The normalized spacial score (nSPS) is 14.5. The van der Waals surface area contributed by atoms with Crippen molar-refractivity contribution in [3.8, 4) is 11.5 Å². The van der Waals surface area contributed by atoms with E-state index in [9.17, 15) is 4.79 Å². The number of rotatable bonds is 4. The summed E-state index contributed by atoms with van der Waals surface area (Å²) in [5.41, 5.74) is 0.595. The Morgan fingerprint density at radius 3 is 2.86 bits per heavy atom. The maximum absolute atomic E-state index is 12.3. The first-order valence-electron chi connectivity index (χ1n) is 6.95. The molecule has 1 aromatic heterocycles. The van der Waals surface area contributed by atoms with Crippen LogP contribution < -0.4 is 14.8 Å². The molecular weight excluding hydrogens is 286 g/mol. The van der Waals surface area contributed by atoms with Crippen molar-refractivity contribution in [2.75, 3.05) is 13.2 Å². The first-order chi connectivity index (χ1) is 10.2. The SMILES string of the molecule is CC(Cc1cccs1)NC(=O)c1ccc2c(c1)OCCO2. The van der Waals surface area contributed by atoms with Gasteiger partial charge in [0.15, 0.2) is 11.5 Å². The molecule has 1 atom stereocenters. The number of ether oxygens (including phenoxy) is 2. The third kappa shape index (κ3) is 3.36. The second kappa shape index (κ2) is 6.18. The Hall–Kier alpha value is -2.01. The van der Waals surface area contributed by atoms with Gasteiger partial charge >= 0.3 is 0 Å². The molecule has 0 bridgehead atoms. The predicted octanol–water partition coefficient (Wildman–Crippen LogP) is 2.88. The van der Waals surface area contributed by atoms with Crippen molar-refractivity contribution in [3.05, 3.63) is 46.2 Å². The van der Waals surface area contributed by atoms with Crippen LogP contribution >= 0.6 is 11.3 Å². The topological polar surface area (TPSA) is 47.6 Å². The van der Waals surface area contributed by atoms with Gasteiger partial charge in [0.25, 0.3) is 5.91 Å². The molecule has 1 amide bonds. The lowest BCUT2D eigenvalue weighted by Crippen LogP contribution is -2.34. The Bertz CT molecular complexity index is 624. The molecule has 1 N–H and O–H groups in total. The van der Waals surface area contributed by atoms with Gasteiger partial charge in [-0.1, -0.05) is 6.07 Å². The molecule has 0 radical (unpaired) electrons. The molecular formula is C16H17NO3S. The number of fused-ring (bicyclic) bond motifs is 1. The van der Waals surface area contributed by atoms with Crippen molar-refractivity contribution in [1.29, 1.82) is 0 Å². The fourth-order valence-corrected chi connectivity index (χ4v) is 3.11. The van der Waals surface area contributed by atoms with Crippen LogP contribution in [0.15, 0.2) is 35.7 Å². The summed E-state index contributed by atoms with van der Waals surface area (Å²) in [7, 11) is 0. The average Bonchev–Trinajstić information content (AvgIpc) is 2.99. The summed E-state index contributed by atoms with van der Waals surface area (Å²) in [6.07, 6.45) is 0.841. The summed E-state index contributed by atoms with van der Waals surface area (Å²) >= 11 is 1.70. The molecule has 4 nitrogen and oxygen atoms in total. The summed E-state index contributed by atoms with van der Waals surface area (Å²) in [6, 6.07) is 9.48. The molecule has 0 saturated carbocycles. The molecule has 21 heavy (non-hydrogen) atoms. The summed E-state index contributed by atoms with van der Waals surface area (Å²) in [5.74, 6) is 1.25. The summed E-state index contributed by atoms with van der Waals surface area (Å²) in [4.78, 5) is 13.5. The summed E-state index contributed by atoms with van der Waals surface area (Å²) in [6.45, 7) is 3.08. The molecule has 1 aliphatic heterocycles. The van der Waals surface area contributed by atoms with E-state index in [1.807, 2.05) is 18.4 Å². The van der Waals surface area contributed by atoms with Crippen LogP contribution in [-0.4, -0.2) is 25.2 Å². The lowest BCUT2D eigenvalue weighted by atomic mass is 10.1. The van der Waals surface area contributed by atoms with Gasteiger partial charge in [0.1, 0.15) is 13.2 Å². The molecule has 1 aromatic carbocycles. The standard InChI is InChI=1S/C16H17NO3S/c1-11(9-13-3-2-8-21-13)17-16(18)12-4-5-14-15(10-12)20-7-6-19-14/h2-5,8,10-11H,6-7,9H2,1H3,(H,17,18). The molecule has 0 saturated heterocycles. The summed E-state index contributed by atoms with van der Waals surface area (Å²) < 4.78 is 11.0. The van der Waals surface area contributed by atoms with Gasteiger partial charge in [0.05, 0.1) is 0 Å². The predicted molar refractivity (Wildman–Crippen MR) is 82.4 cm³/mol. The Kier molecular flexibility index (Phi) is 4.10. The number of hydrogen-bond acceptors (Lipinski definition) is 4. The lowest BCUT2D eigenvalue weighted by molar-refractivity contribution is 0.0939. The van der Waals surface area contributed by atoms with Gasteiger partial charge in [-0.05, 0) is 36.6 Å². The first kappa shape index (κ1) is 13.9. The number of hydrogen-bond donors (Lipinski definition) is 1. The van der Waals surface area contributed by atoms with Crippen molar-refractivity contribution in [3.63, 3.8) is 0 Å². The van der Waals surface area contributed by atoms with Gasteiger partial charge in [-0.15, -0.1) is 11.3 Å². The molecule has 0 spiro atoms. The van der Waals surface area contributed by atoms with Gasteiger partial charge in [-0.2, -0.15) is 0 Å². The maximum Gasteiger partial charge on any atom is 0.251 e. The molecule has 5 heteroatoms. The molecule has 2 aromatic rings. The highest BCUT2D eigenvalue weighted by molar-refractivity contribution is 7.09. The number of benzene rings is 1. The molecule has 1 unspecified atom stereocenters. The van der Waals surface area contributed by atoms with E-state index in [0.29, 0.717) is 30.3 Å². The Labute approximate surface area is 127 Å². The third-order valence-corrected chi connectivity index (χ3v) is 4.17. The number of carbonyl (C=O) groups is 1. The van der Waals surface area contributed by atoms with Crippen LogP contribution in [0.1, 0.15) is 22.2 Å². The zero-order valence-corrected chi connectivity index (χ0v) is 12.6. The van der Waals surface area contributed by atoms with Gasteiger partial charge < -0.3 is 14.8 Å². The molecule has 0 aliphatic carbocycles. The first-order valence-corrected chi connectivity index (χ1v) is 7.83. The molecule has 3 rings (SSSR count). The third-order valence-electron chi connectivity index (χ3n) is 3.27. The van der Waals surface area contributed by atoms with Crippen LogP contribution in [0, 0.1) is 0 Å². The van der Waals surface area contributed by atoms with E-state index in [0.717, 1.165) is 6.42 Å². The van der Waals surface area contributed by atoms with Gasteiger partial charge in [-0.25, -0.2) is 0 Å². The number of thiophene rings is 1. The lowest BCUT2D eigenvalue weighted by Gasteiger charge is -2.19. The average molecular weight is 303 g/mol. The van der Waals surface area contributed by atoms with E-state index in [4.69, 9.17) is 9.47 Å². The van der Waals surface area contributed by atoms with E-state index in [1.54, 1.807) is 29.5 Å². The highest BCUT2D eigenvalue weighted by Crippen LogP contribution is 2.30. The van der Waals surface area contributed by atoms with Gasteiger partial charge in [0, 0.05) is 22.9 Å². The van der Waals surface area contributed by atoms with Crippen molar-refractivity contribution >= 4 is 17.2 Å². The van der Waals surface area contributed by atoms with Crippen molar-refractivity contribution < 1.29 is 14.3 Å². The Balaban J connectivity index is 1.64. The minimum atomic E-state index is -0.0870. The number of carbonyl (C=O) groups excluding carboxylic acids is 1. The highest BCUT2D eigenvalue weighted by atomic mass is 32.1. The largest absolute Gasteiger partial charge is 0.486 e. The van der Waals surface area contributed by atoms with Crippen molar-refractivity contribution in [2.24, 2.45) is 0 Å². The summed E-state index contributed by atoms with van der Waals surface area (Å²) in [5, 5.41) is 5.06. The van der Waals surface area contributed by atoms with E-state index >= 15 is 0 Å². The zero-order valence-electron chi connectivity index (χ0n) is 11.8. The second-order valence-corrected chi connectivity index (χ2v) is 6.05. The second-order valence-electron chi connectivity index (χ2n) is 5.02. The van der Waals surface area contributed by atoms with E-state index < -0.39 is 0 Å². The van der Waals surface area contributed by atoms with E-state index in [1.165, 1.54) is 4.88 Å². The van der Waals surface area contributed by atoms with Gasteiger partial charge in [0.2, 0.25) is 0 Å². The maximum atomic E-state index is 12.3. The van der Waals surface area contributed by atoms with Crippen LogP contribution in [-0.2, 0) is 6.42 Å². The van der Waals surface area contributed by atoms with Crippen LogP contribution in [0.2, 0.25) is 0 Å². The molecule has 110 valence electrons.